The first kappa shape index (κ1) is 21.5. The number of benzene rings is 2. The van der Waals surface area contributed by atoms with E-state index in [1.807, 2.05) is 24.4 Å². The largest absolute Gasteiger partial charge is 0.760 e. The van der Waals surface area contributed by atoms with Crippen molar-refractivity contribution in [3.63, 3.8) is 0 Å². The molecule has 6 nitrogen and oxygen atoms in total. The second-order valence-electron chi connectivity index (χ2n) is 7.71. The Balaban J connectivity index is 1.55. The predicted molar refractivity (Wildman–Crippen MR) is 118 cm³/mol. The maximum absolute atomic E-state index is 14.1. The van der Waals surface area contributed by atoms with Crippen LogP contribution in [-0.4, -0.2) is 39.2 Å². The van der Waals surface area contributed by atoms with Crippen LogP contribution in [0.3, 0.4) is 0 Å². The van der Waals surface area contributed by atoms with E-state index >= 15 is 0 Å². The fourth-order valence-corrected chi connectivity index (χ4v) is 4.26. The minimum Gasteiger partial charge on any atom is -0.760 e. The monoisotopic (exact) mass is 440 g/mol. The Hall–Kier alpha value is -2.68. The van der Waals surface area contributed by atoms with Gasteiger partial charge in [-0.15, -0.1) is 0 Å². The smallest absolute Gasteiger partial charge is 0.193 e. The summed E-state index contributed by atoms with van der Waals surface area (Å²) in [4.78, 5) is 19.9. The normalized spacial score (nSPS) is 14.8. The highest BCUT2D eigenvalue weighted by Gasteiger charge is 2.15. The van der Waals surface area contributed by atoms with Crippen LogP contribution in [0.1, 0.15) is 40.7 Å². The fraction of sp³-hybridized carbons (Fsp3) is 0.304. The van der Waals surface area contributed by atoms with Gasteiger partial charge in [0.1, 0.15) is 5.82 Å². The highest BCUT2D eigenvalue weighted by atomic mass is 32.2. The summed E-state index contributed by atoms with van der Waals surface area (Å²) < 4.78 is 37.5. The summed E-state index contributed by atoms with van der Waals surface area (Å²) >= 11 is -2.32. The van der Waals surface area contributed by atoms with Crippen LogP contribution in [0.4, 0.5) is 10.1 Å². The standard InChI is InChI=1S/C23H24FN3O3S/c24-20-11-16(4-3-7-26-31(29)30)10-19(13-20)23(28)17-5-6-22-18(12-17)14-21(15-25-22)27-8-1-2-9-27/h5-6,10-15,26H,1-4,7-9H2,(H,29,30)/p-1. The first-order valence-corrected chi connectivity index (χ1v) is 11.4. The zero-order valence-corrected chi connectivity index (χ0v) is 17.8. The van der Waals surface area contributed by atoms with Crippen LogP contribution >= 0.6 is 0 Å². The number of aryl methyl sites for hydroxylation is 1. The molecule has 0 bridgehead atoms. The Labute approximate surface area is 182 Å². The minimum atomic E-state index is -2.32. The number of fused-ring (bicyclic) bond motifs is 1. The summed E-state index contributed by atoms with van der Waals surface area (Å²) in [6.07, 6.45) is 5.17. The predicted octanol–water partition coefficient (Wildman–Crippen LogP) is 3.52. The number of carbonyl (C=O) groups excluding carboxylic acids is 1. The molecule has 1 unspecified atom stereocenters. The molecule has 3 aromatic rings. The van der Waals surface area contributed by atoms with E-state index in [9.17, 15) is 17.9 Å². The van der Waals surface area contributed by atoms with Gasteiger partial charge in [0.25, 0.3) is 0 Å². The number of carbonyl (C=O) groups is 1. The summed E-state index contributed by atoms with van der Waals surface area (Å²) in [7, 11) is 0. The topological polar surface area (TPSA) is 85.4 Å². The lowest BCUT2D eigenvalue weighted by atomic mass is 9.98. The van der Waals surface area contributed by atoms with Crippen LogP contribution in [0.25, 0.3) is 10.9 Å². The second kappa shape index (κ2) is 9.64. The number of ketones is 1. The molecule has 0 amide bonds. The number of rotatable bonds is 8. The highest BCUT2D eigenvalue weighted by Crippen LogP contribution is 2.25. The number of hydrogen-bond donors (Lipinski definition) is 1. The molecule has 0 radical (unpaired) electrons. The third kappa shape index (κ3) is 5.33. The third-order valence-electron chi connectivity index (χ3n) is 5.48. The van der Waals surface area contributed by atoms with E-state index in [4.69, 9.17) is 0 Å². The molecule has 1 atom stereocenters. The van der Waals surface area contributed by atoms with Crippen molar-refractivity contribution >= 4 is 33.6 Å². The van der Waals surface area contributed by atoms with Gasteiger partial charge in [-0.3, -0.25) is 14.0 Å². The van der Waals surface area contributed by atoms with Gasteiger partial charge in [0.15, 0.2) is 5.78 Å². The Morgan fingerprint density at radius 2 is 1.94 bits per heavy atom. The van der Waals surface area contributed by atoms with Gasteiger partial charge in [0.05, 0.1) is 17.4 Å². The molecule has 162 valence electrons. The maximum atomic E-state index is 14.1. The average molecular weight is 441 g/mol. The van der Waals surface area contributed by atoms with E-state index in [2.05, 4.69) is 14.6 Å². The van der Waals surface area contributed by atoms with Gasteiger partial charge in [-0.25, -0.2) is 9.11 Å². The quantitative estimate of drug-likeness (QED) is 0.329. The highest BCUT2D eigenvalue weighted by molar-refractivity contribution is 7.77. The Bertz CT molecular complexity index is 1130. The number of hydrogen-bond acceptors (Lipinski definition) is 5. The molecule has 8 heteroatoms. The molecule has 1 aliphatic heterocycles. The van der Waals surface area contributed by atoms with Gasteiger partial charge in [0.2, 0.25) is 0 Å². The van der Waals surface area contributed by atoms with Crippen LogP contribution in [0, 0.1) is 5.82 Å². The van der Waals surface area contributed by atoms with Gasteiger partial charge in [-0.2, -0.15) is 0 Å². The first-order valence-electron chi connectivity index (χ1n) is 10.3. The molecule has 1 saturated heterocycles. The Morgan fingerprint density at radius 1 is 1.13 bits per heavy atom. The van der Waals surface area contributed by atoms with Crippen LogP contribution < -0.4 is 9.62 Å². The summed E-state index contributed by atoms with van der Waals surface area (Å²) in [6.45, 7) is 2.28. The molecular weight excluding hydrogens is 417 g/mol. The molecule has 31 heavy (non-hydrogen) atoms. The van der Waals surface area contributed by atoms with Gasteiger partial charge < -0.3 is 9.45 Å². The molecule has 0 saturated carbocycles. The number of nitrogens with zero attached hydrogens (tertiary/aromatic N) is 2. The van der Waals surface area contributed by atoms with E-state index in [1.165, 1.54) is 25.0 Å². The molecular formula is C23H23FN3O3S-. The lowest BCUT2D eigenvalue weighted by Gasteiger charge is -2.17. The van der Waals surface area contributed by atoms with E-state index in [0.29, 0.717) is 24.0 Å². The van der Waals surface area contributed by atoms with Gasteiger partial charge in [0, 0.05) is 47.4 Å². The summed E-state index contributed by atoms with van der Waals surface area (Å²) in [5.74, 6) is -0.743. The van der Waals surface area contributed by atoms with Crippen molar-refractivity contribution < 1.29 is 17.9 Å². The van der Waals surface area contributed by atoms with Crippen molar-refractivity contribution in [3.05, 3.63) is 71.2 Å². The lowest BCUT2D eigenvalue weighted by molar-refractivity contribution is 0.103. The van der Waals surface area contributed by atoms with Crippen molar-refractivity contribution in [3.8, 4) is 0 Å². The van der Waals surface area contributed by atoms with Crippen molar-refractivity contribution in [2.24, 2.45) is 0 Å². The first-order chi connectivity index (χ1) is 15.0. The number of nitrogens with one attached hydrogen (secondary N) is 1. The Kier molecular flexibility index (Phi) is 6.70. The molecule has 2 aromatic carbocycles. The maximum Gasteiger partial charge on any atom is 0.193 e. The number of pyridine rings is 1. The van der Waals surface area contributed by atoms with Crippen LogP contribution in [-0.2, 0) is 17.7 Å². The van der Waals surface area contributed by atoms with Crippen LogP contribution in [0.5, 0.6) is 0 Å². The van der Waals surface area contributed by atoms with E-state index in [1.54, 1.807) is 12.1 Å². The van der Waals surface area contributed by atoms with Crippen molar-refractivity contribution in [2.45, 2.75) is 25.7 Å². The lowest BCUT2D eigenvalue weighted by Crippen LogP contribution is -2.18. The van der Waals surface area contributed by atoms with Crippen molar-refractivity contribution in [2.75, 3.05) is 24.5 Å². The second-order valence-corrected chi connectivity index (χ2v) is 8.46. The summed E-state index contributed by atoms with van der Waals surface area (Å²) in [5.41, 5.74) is 3.27. The van der Waals surface area contributed by atoms with Gasteiger partial charge in [-0.1, -0.05) is 0 Å². The number of anilines is 1. The summed E-state index contributed by atoms with van der Waals surface area (Å²) in [5, 5.41) is 0.878. The average Bonchev–Trinajstić information content (AvgIpc) is 3.30. The molecule has 1 N–H and O–H groups in total. The van der Waals surface area contributed by atoms with Crippen LogP contribution in [0.2, 0.25) is 0 Å². The summed E-state index contributed by atoms with van der Waals surface area (Å²) in [6, 6.07) is 11.7. The van der Waals surface area contributed by atoms with Gasteiger partial charge in [-0.05, 0) is 73.7 Å². The number of halogens is 1. The van der Waals surface area contributed by atoms with Crippen LogP contribution in [0.15, 0.2) is 48.7 Å². The minimum absolute atomic E-state index is 0.256. The molecule has 0 spiro atoms. The molecule has 1 fully saturated rings. The zero-order valence-electron chi connectivity index (χ0n) is 17.0. The molecule has 1 aliphatic rings. The molecule has 0 aliphatic carbocycles. The number of aromatic nitrogens is 1. The SMILES string of the molecule is O=C(c1cc(F)cc(CCCNS(=O)[O-])c1)c1ccc2ncc(N3CCCC3)cc2c1. The fourth-order valence-electron chi connectivity index (χ4n) is 3.95. The van der Waals surface area contributed by atoms with Crippen molar-refractivity contribution in [1.82, 2.24) is 9.71 Å². The van der Waals surface area contributed by atoms with Gasteiger partial charge >= 0.3 is 0 Å². The van der Waals surface area contributed by atoms with Crippen molar-refractivity contribution in [1.29, 1.82) is 0 Å². The Morgan fingerprint density at radius 3 is 2.71 bits per heavy atom. The molecule has 2 heterocycles. The zero-order chi connectivity index (χ0) is 21.8. The molecule has 4 rings (SSSR count). The van der Waals surface area contributed by atoms with E-state index in [-0.39, 0.29) is 17.9 Å². The third-order valence-corrected chi connectivity index (χ3v) is 5.92. The van der Waals surface area contributed by atoms with E-state index in [0.717, 1.165) is 29.7 Å². The molecule has 1 aromatic heterocycles. The van der Waals surface area contributed by atoms with E-state index < -0.39 is 17.1 Å².